The number of aliphatic hydroxyl groups is 1. The van der Waals surface area contributed by atoms with E-state index in [0.717, 1.165) is 0 Å². The number of aromatic amines is 1. The summed E-state index contributed by atoms with van der Waals surface area (Å²) in [5.41, 5.74) is 0.870. The predicted molar refractivity (Wildman–Crippen MR) is 88.1 cm³/mol. The minimum absolute atomic E-state index is 0.0364. The number of H-pyrrole nitrogens is 1. The third-order valence-electron chi connectivity index (χ3n) is 4.13. The molecule has 2 amide bonds. The molecule has 8 nitrogen and oxygen atoms in total. The van der Waals surface area contributed by atoms with Crippen molar-refractivity contribution in [3.63, 3.8) is 0 Å². The van der Waals surface area contributed by atoms with Crippen molar-refractivity contribution in [1.82, 2.24) is 20.6 Å². The second-order valence-electron chi connectivity index (χ2n) is 5.62. The number of carbonyl (C=O) groups excluding carboxylic acids is 2. The number of fused-ring (bicyclic) bond motifs is 2. The molecule has 8 heteroatoms. The number of nitrogens with one attached hydrogen (secondary N) is 3. The molecule has 1 aromatic heterocycles. The van der Waals surface area contributed by atoms with Crippen LogP contribution >= 0.6 is 0 Å². The molecule has 1 aliphatic rings. The number of hydrogen-bond donors (Lipinski definition) is 4. The van der Waals surface area contributed by atoms with E-state index in [0.29, 0.717) is 27.7 Å². The zero-order valence-electron chi connectivity index (χ0n) is 13.2. The Kier molecular flexibility index (Phi) is 3.22. The minimum atomic E-state index is -1.63. The van der Waals surface area contributed by atoms with Crippen molar-refractivity contribution in [2.45, 2.75) is 5.72 Å². The summed E-state index contributed by atoms with van der Waals surface area (Å²) in [5, 5.41) is 16.0. The number of amides is 2. The van der Waals surface area contributed by atoms with Crippen molar-refractivity contribution in [1.29, 1.82) is 0 Å². The van der Waals surface area contributed by atoms with Crippen LogP contribution in [-0.2, 0) is 5.72 Å². The third kappa shape index (κ3) is 2.31. The highest BCUT2D eigenvalue weighted by Gasteiger charge is 2.42. The maximum Gasteiger partial charge on any atom is 0.414 e. The Hall–Kier alpha value is -3.39. The number of rotatable bonds is 2. The van der Waals surface area contributed by atoms with Gasteiger partial charge in [-0.1, -0.05) is 24.3 Å². The molecule has 25 heavy (non-hydrogen) atoms. The van der Waals surface area contributed by atoms with Gasteiger partial charge in [-0.2, -0.15) is 4.98 Å². The summed E-state index contributed by atoms with van der Waals surface area (Å²) in [6, 6.07) is 11.9. The summed E-state index contributed by atoms with van der Waals surface area (Å²) >= 11 is 0. The third-order valence-corrected chi connectivity index (χ3v) is 4.13. The summed E-state index contributed by atoms with van der Waals surface area (Å²) in [5.74, 6) is -0.341. The van der Waals surface area contributed by atoms with Crippen LogP contribution in [0.4, 0.5) is 4.79 Å². The van der Waals surface area contributed by atoms with Gasteiger partial charge < -0.3 is 25.5 Å². The van der Waals surface area contributed by atoms with Gasteiger partial charge in [0.15, 0.2) is 5.72 Å². The van der Waals surface area contributed by atoms with E-state index in [1.807, 2.05) is 0 Å². The zero-order chi connectivity index (χ0) is 17.6. The van der Waals surface area contributed by atoms with Crippen LogP contribution in [0, 0.1) is 0 Å². The van der Waals surface area contributed by atoms with Crippen molar-refractivity contribution in [3.05, 3.63) is 59.2 Å². The first-order valence-electron chi connectivity index (χ1n) is 7.55. The smallest absolute Gasteiger partial charge is 0.375 e. The maximum absolute atomic E-state index is 12.1. The number of nitrogens with zero attached hydrogens (tertiary/aromatic N) is 1. The van der Waals surface area contributed by atoms with Gasteiger partial charge in [0.05, 0.1) is 11.0 Å². The van der Waals surface area contributed by atoms with Crippen LogP contribution in [0.1, 0.15) is 21.5 Å². The molecule has 2 aromatic carbocycles. The lowest BCUT2D eigenvalue weighted by molar-refractivity contribution is 0.0476. The largest absolute Gasteiger partial charge is 0.414 e. The molecule has 4 rings (SSSR count). The lowest BCUT2D eigenvalue weighted by Gasteiger charge is -2.24. The van der Waals surface area contributed by atoms with Crippen LogP contribution in [0.15, 0.2) is 42.5 Å². The number of carbonyl (C=O) groups is 2. The van der Waals surface area contributed by atoms with E-state index >= 15 is 0 Å². The SMILES string of the molecule is CNC(=O)Oc1nc2ccc(C3(O)NC(=O)c4ccccc43)cc2[nH]1. The van der Waals surface area contributed by atoms with Gasteiger partial charge >= 0.3 is 12.1 Å². The standard InChI is InChI=1S/C17H14N4O4/c1-18-16(23)25-15-19-12-7-6-9(8-13(12)20-15)17(24)11-5-3-2-4-10(11)14(22)21-17/h2-8,24H,1H3,(H,18,23)(H,19,20)(H,21,22). The highest BCUT2D eigenvalue weighted by Crippen LogP contribution is 2.35. The van der Waals surface area contributed by atoms with Crippen LogP contribution in [0.3, 0.4) is 0 Å². The highest BCUT2D eigenvalue weighted by molar-refractivity contribution is 6.00. The van der Waals surface area contributed by atoms with Crippen LogP contribution < -0.4 is 15.4 Å². The van der Waals surface area contributed by atoms with Gasteiger partial charge in [-0.25, -0.2) is 4.79 Å². The van der Waals surface area contributed by atoms with Crippen molar-refractivity contribution < 1.29 is 19.4 Å². The lowest BCUT2D eigenvalue weighted by Crippen LogP contribution is -2.40. The Morgan fingerprint density at radius 3 is 2.88 bits per heavy atom. The summed E-state index contributed by atoms with van der Waals surface area (Å²) in [6.07, 6.45) is -0.644. The molecule has 0 spiro atoms. The molecule has 1 unspecified atom stereocenters. The summed E-state index contributed by atoms with van der Waals surface area (Å²) in [6.45, 7) is 0. The monoisotopic (exact) mass is 338 g/mol. The van der Waals surface area contributed by atoms with Gasteiger partial charge in [0, 0.05) is 23.7 Å². The number of ether oxygens (including phenoxy) is 1. The average molecular weight is 338 g/mol. The van der Waals surface area contributed by atoms with Gasteiger partial charge in [-0.15, -0.1) is 0 Å². The van der Waals surface area contributed by atoms with E-state index < -0.39 is 11.8 Å². The molecular formula is C17H14N4O4. The normalized spacial score (nSPS) is 18.7. The highest BCUT2D eigenvalue weighted by atomic mass is 16.6. The van der Waals surface area contributed by atoms with Crippen LogP contribution in [0.5, 0.6) is 6.01 Å². The average Bonchev–Trinajstić information content (AvgIpc) is 3.13. The van der Waals surface area contributed by atoms with Crippen LogP contribution in [-0.4, -0.2) is 34.1 Å². The molecule has 0 saturated carbocycles. The fourth-order valence-electron chi connectivity index (χ4n) is 2.92. The van der Waals surface area contributed by atoms with E-state index in [1.54, 1.807) is 42.5 Å². The molecule has 0 fully saturated rings. The molecule has 0 radical (unpaired) electrons. The predicted octanol–water partition coefficient (Wildman–Crippen LogP) is 1.22. The molecule has 1 aliphatic heterocycles. The first-order valence-corrected chi connectivity index (χ1v) is 7.55. The van der Waals surface area contributed by atoms with Crippen molar-refractivity contribution in [2.75, 3.05) is 7.05 Å². The molecule has 0 aliphatic carbocycles. The summed E-state index contributed by atoms with van der Waals surface area (Å²) < 4.78 is 4.96. The van der Waals surface area contributed by atoms with Gasteiger partial charge in [0.2, 0.25) is 0 Å². The van der Waals surface area contributed by atoms with E-state index in [1.165, 1.54) is 7.05 Å². The summed E-state index contributed by atoms with van der Waals surface area (Å²) in [7, 11) is 1.44. The number of benzene rings is 2. The number of imidazole rings is 1. The Balaban J connectivity index is 1.77. The van der Waals surface area contributed by atoms with Crippen LogP contribution in [0.25, 0.3) is 11.0 Å². The van der Waals surface area contributed by atoms with E-state index in [9.17, 15) is 14.7 Å². The van der Waals surface area contributed by atoms with Gasteiger partial charge in [0.1, 0.15) is 0 Å². The Morgan fingerprint density at radius 1 is 1.28 bits per heavy atom. The van der Waals surface area contributed by atoms with Crippen molar-refractivity contribution >= 4 is 23.0 Å². The minimum Gasteiger partial charge on any atom is -0.375 e. The Morgan fingerprint density at radius 2 is 2.08 bits per heavy atom. The van der Waals surface area contributed by atoms with Gasteiger partial charge in [0.25, 0.3) is 5.91 Å². The quantitative estimate of drug-likeness (QED) is 0.560. The fraction of sp³-hybridized carbons (Fsp3) is 0.118. The molecule has 0 saturated heterocycles. The zero-order valence-corrected chi connectivity index (χ0v) is 13.2. The van der Waals surface area contributed by atoms with Gasteiger partial charge in [-0.3, -0.25) is 4.79 Å². The lowest BCUT2D eigenvalue weighted by atomic mass is 9.94. The first-order chi connectivity index (χ1) is 12.0. The van der Waals surface area contributed by atoms with E-state index in [4.69, 9.17) is 4.74 Å². The van der Waals surface area contributed by atoms with E-state index in [2.05, 4.69) is 20.6 Å². The van der Waals surface area contributed by atoms with Crippen LogP contribution in [0.2, 0.25) is 0 Å². The molecule has 126 valence electrons. The first kappa shape index (κ1) is 15.2. The second-order valence-corrected chi connectivity index (χ2v) is 5.62. The molecular weight excluding hydrogens is 324 g/mol. The maximum atomic E-state index is 12.1. The summed E-state index contributed by atoms with van der Waals surface area (Å²) in [4.78, 5) is 30.4. The number of hydrogen-bond acceptors (Lipinski definition) is 5. The van der Waals surface area contributed by atoms with E-state index in [-0.39, 0.29) is 11.9 Å². The Bertz CT molecular complexity index is 1010. The molecule has 2 heterocycles. The molecule has 4 N–H and O–H groups in total. The Labute approximate surface area is 141 Å². The molecule has 3 aromatic rings. The number of aromatic nitrogens is 2. The fourth-order valence-corrected chi connectivity index (χ4v) is 2.92. The van der Waals surface area contributed by atoms with Crippen molar-refractivity contribution in [3.8, 4) is 6.01 Å². The van der Waals surface area contributed by atoms with Crippen molar-refractivity contribution in [2.24, 2.45) is 0 Å². The molecule has 1 atom stereocenters. The topological polar surface area (TPSA) is 116 Å². The van der Waals surface area contributed by atoms with Gasteiger partial charge in [-0.05, 0) is 18.2 Å². The molecule has 0 bridgehead atoms. The second kappa shape index (κ2) is 5.32.